The van der Waals surface area contributed by atoms with Gasteiger partial charge in [0.25, 0.3) is 11.5 Å². The van der Waals surface area contributed by atoms with Crippen LogP contribution in [0, 0.1) is 0 Å². The third kappa shape index (κ3) is 4.41. The normalized spacial score (nSPS) is 14.2. The van der Waals surface area contributed by atoms with Crippen LogP contribution in [0.2, 0.25) is 0 Å². The lowest BCUT2D eigenvalue weighted by Gasteiger charge is -2.34. The van der Waals surface area contributed by atoms with Gasteiger partial charge >= 0.3 is 5.69 Å². The van der Waals surface area contributed by atoms with Crippen molar-refractivity contribution in [1.29, 1.82) is 0 Å². The van der Waals surface area contributed by atoms with Crippen molar-refractivity contribution < 1.29 is 14.0 Å². The molecule has 11 nitrogen and oxygen atoms in total. The minimum Gasteiger partial charge on any atom is -0.459 e. The summed E-state index contributed by atoms with van der Waals surface area (Å²) in [7, 11) is 3.04. The van der Waals surface area contributed by atoms with E-state index in [1.54, 1.807) is 29.0 Å². The molecule has 34 heavy (non-hydrogen) atoms. The second kappa shape index (κ2) is 9.92. The lowest BCUT2D eigenvalue weighted by molar-refractivity contribution is -0.129. The fourth-order valence-electron chi connectivity index (χ4n) is 3.99. The number of hydrogen-bond donors (Lipinski definition) is 0. The minimum absolute atomic E-state index is 0.0639. The molecule has 1 fully saturated rings. The number of fused-ring (bicyclic) bond motifs is 1. The number of imidazole rings is 1. The number of amides is 2. The summed E-state index contributed by atoms with van der Waals surface area (Å²) in [6, 6.07) is 3.30. The number of aromatic nitrogens is 4. The number of carbonyl (C=O) groups excluding carboxylic acids is 2. The fraction of sp³-hybridized carbons (Fsp3) is 0.500. The van der Waals surface area contributed by atoms with E-state index in [9.17, 15) is 19.2 Å². The quantitative estimate of drug-likeness (QED) is 0.454. The molecular weight excluding hydrogens is 460 g/mol. The summed E-state index contributed by atoms with van der Waals surface area (Å²) in [6.45, 7) is 4.37. The molecule has 4 heterocycles. The molecule has 3 aromatic heterocycles. The van der Waals surface area contributed by atoms with E-state index in [-0.39, 0.29) is 17.6 Å². The summed E-state index contributed by atoms with van der Waals surface area (Å²) in [5.74, 6) is 0.201. The molecule has 0 N–H and O–H groups in total. The van der Waals surface area contributed by atoms with Gasteiger partial charge in [0.1, 0.15) is 0 Å². The molecular formula is C22H28N6O5S. The van der Waals surface area contributed by atoms with Crippen LogP contribution < -0.4 is 11.2 Å². The van der Waals surface area contributed by atoms with Crippen LogP contribution in [0.1, 0.15) is 30.3 Å². The highest BCUT2D eigenvalue weighted by Gasteiger charge is 2.27. The highest BCUT2D eigenvalue weighted by Crippen LogP contribution is 2.23. The van der Waals surface area contributed by atoms with E-state index < -0.39 is 11.2 Å². The van der Waals surface area contributed by atoms with Crippen LogP contribution in [0.3, 0.4) is 0 Å². The van der Waals surface area contributed by atoms with Gasteiger partial charge in [0.2, 0.25) is 5.91 Å². The van der Waals surface area contributed by atoms with E-state index in [4.69, 9.17) is 4.42 Å². The number of thioether (sulfide) groups is 1. The highest BCUT2D eigenvalue weighted by atomic mass is 32.2. The Hall–Kier alpha value is -3.28. The number of aryl methyl sites for hydroxylation is 2. The zero-order valence-electron chi connectivity index (χ0n) is 19.5. The summed E-state index contributed by atoms with van der Waals surface area (Å²) >= 11 is 1.26. The number of nitrogens with zero attached hydrogens (tertiary/aromatic N) is 6. The number of piperazine rings is 1. The third-order valence-electron chi connectivity index (χ3n) is 6.02. The Morgan fingerprint density at radius 3 is 2.44 bits per heavy atom. The number of furan rings is 1. The topological polar surface area (TPSA) is 116 Å². The number of carbonyl (C=O) groups is 2. The summed E-state index contributed by atoms with van der Waals surface area (Å²) in [5.41, 5.74) is -0.133. The van der Waals surface area contributed by atoms with Crippen molar-refractivity contribution in [3.63, 3.8) is 0 Å². The van der Waals surface area contributed by atoms with Crippen molar-refractivity contribution >= 4 is 34.7 Å². The minimum atomic E-state index is -0.438. The average Bonchev–Trinajstić information content (AvgIpc) is 3.51. The van der Waals surface area contributed by atoms with Gasteiger partial charge in [-0.3, -0.25) is 23.5 Å². The summed E-state index contributed by atoms with van der Waals surface area (Å²) < 4.78 is 9.43. The van der Waals surface area contributed by atoms with Gasteiger partial charge in [0, 0.05) is 46.8 Å². The Bertz CT molecular complexity index is 1310. The van der Waals surface area contributed by atoms with E-state index in [2.05, 4.69) is 11.9 Å². The van der Waals surface area contributed by atoms with Gasteiger partial charge in [-0.2, -0.15) is 0 Å². The SMILES string of the molecule is CCCCn1c(SCC(=O)N2CCN(C(=O)c3ccco3)CC2)nc2c1c(=O)n(C)c(=O)n2C. The molecule has 0 aromatic carbocycles. The molecule has 0 bridgehead atoms. The Balaban J connectivity index is 1.47. The molecule has 0 radical (unpaired) electrons. The van der Waals surface area contributed by atoms with Gasteiger partial charge in [-0.25, -0.2) is 9.78 Å². The van der Waals surface area contributed by atoms with Crippen molar-refractivity contribution in [3.8, 4) is 0 Å². The van der Waals surface area contributed by atoms with Gasteiger partial charge in [-0.15, -0.1) is 0 Å². The van der Waals surface area contributed by atoms with Gasteiger partial charge in [-0.05, 0) is 18.6 Å². The molecule has 0 atom stereocenters. The lowest BCUT2D eigenvalue weighted by atomic mass is 10.3. The molecule has 4 rings (SSSR count). The average molecular weight is 489 g/mol. The predicted molar refractivity (Wildman–Crippen MR) is 127 cm³/mol. The first-order chi connectivity index (χ1) is 16.3. The molecule has 2 amide bonds. The third-order valence-corrected chi connectivity index (χ3v) is 6.99. The first-order valence-corrected chi connectivity index (χ1v) is 12.2. The fourth-order valence-corrected chi connectivity index (χ4v) is 4.92. The summed E-state index contributed by atoms with van der Waals surface area (Å²) in [6.07, 6.45) is 3.23. The standard InChI is InChI=1S/C22H28N6O5S/c1-4-5-8-28-17-18(24(2)22(32)25(3)20(17)31)23-21(28)34-14-16(29)26-9-11-27(12-10-26)19(30)15-7-6-13-33-15/h6-7,13H,4-5,8-12,14H2,1-3H3. The Morgan fingerprint density at radius 1 is 1.09 bits per heavy atom. The van der Waals surface area contributed by atoms with Crippen molar-refractivity contribution in [1.82, 2.24) is 28.5 Å². The smallest absolute Gasteiger partial charge is 0.332 e. The van der Waals surface area contributed by atoms with Crippen molar-refractivity contribution in [2.24, 2.45) is 14.1 Å². The highest BCUT2D eigenvalue weighted by molar-refractivity contribution is 7.99. The van der Waals surface area contributed by atoms with Gasteiger partial charge in [-0.1, -0.05) is 25.1 Å². The molecule has 3 aromatic rings. The summed E-state index contributed by atoms with van der Waals surface area (Å²) in [5, 5.41) is 0.543. The van der Waals surface area contributed by atoms with Gasteiger partial charge in [0.05, 0.1) is 12.0 Å². The predicted octanol–water partition coefficient (Wildman–Crippen LogP) is 0.904. The van der Waals surface area contributed by atoms with Crippen LogP contribution in [0.5, 0.6) is 0 Å². The molecule has 1 aliphatic heterocycles. The zero-order chi connectivity index (χ0) is 24.4. The van der Waals surface area contributed by atoms with Crippen LogP contribution in [0.25, 0.3) is 11.2 Å². The molecule has 182 valence electrons. The molecule has 0 aliphatic carbocycles. The van der Waals surface area contributed by atoms with Crippen LogP contribution in [0.4, 0.5) is 0 Å². The summed E-state index contributed by atoms with van der Waals surface area (Å²) in [4.78, 5) is 58.4. The second-order valence-electron chi connectivity index (χ2n) is 8.22. The van der Waals surface area contributed by atoms with Crippen molar-refractivity contribution in [2.75, 3.05) is 31.9 Å². The first-order valence-electron chi connectivity index (χ1n) is 11.2. The maximum absolute atomic E-state index is 12.9. The maximum atomic E-state index is 12.9. The van der Waals surface area contributed by atoms with Gasteiger partial charge < -0.3 is 18.8 Å². The second-order valence-corrected chi connectivity index (χ2v) is 9.16. The number of unbranched alkanes of at least 4 members (excludes halogenated alkanes) is 1. The van der Waals surface area contributed by atoms with E-state index in [0.717, 1.165) is 17.4 Å². The van der Waals surface area contributed by atoms with E-state index >= 15 is 0 Å². The number of rotatable bonds is 7. The van der Waals surface area contributed by atoms with Crippen LogP contribution in [-0.2, 0) is 25.4 Å². The Morgan fingerprint density at radius 2 is 1.79 bits per heavy atom. The van der Waals surface area contributed by atoms with Crippen LogP contribution >= 0.6 is 11.8 Å². The molecule has 12 heteroatoms. The van der Waals surface area contributed by atoms with Crippen LogP contribution in [-0.4, -0.2) is 72.2 Å². The van der Waals surface area contributed by atoms with Gasteiger partial charge in [0.15, 0.2) is 22.1 Å². The number of hydrogen-bond acceptors (Lipinski definition) is 7. The molecule has 1 saturated heterocycles. The van der Waals surface area contributed by atoms with E-state index in [0.29, 0.717) is 54.8 Å². The Kier molecular flexibility index (Phi) is 6.96. The largest absolute Gasteiger partial charge is 0.459 e. The monoisotopic (exact) mass is 488 g/mol. The maximum Gasteiger partial charge on any atom is 0.332 e. The van der Waals surface area contributed by atoms with Crippen LogP contribution in [0.15, 0.2) is 37.6 Å². The van der Waals surface area contributed by atoms with E-state index in [1.165, 1.54) is 29.6 Å². The van der Waals surface area contributed by atoms with Crippen molar-refractivity contribution in [2.45, 2.75) is 31.5 Å². The van der Waals surface area contributed by atoms with E-state index in [1.807, 2.05) is 4.57 Å². The molecule has 1 aliphatic rings. The molecule has 0 unspecified atom stereocenters. The molecule has 0 saturated carbocycles. The first kappa shape index (κ1) is 23.9. The Labute approximate surface area is 199 Å². The van der Waals surface area contributed by atoms with Crippen molar-refractivity contribution in [3.05, 3.63) is 45.0 Å². The molecule has 0 spiro atoms. The zero-order valence-corrected chi connectivity index (χ0v) is 20.3. The lowest BCUT2D eigenvalue weighted by Crippen LogP contribution is -2.51.